The molecular formula is C25H24Cl2NOTi-. The maximum atomic E-state index is 12.1. The van der Waals surface area contributed by atoms with Crippen LogP contribution in [0.1, 0.15) is 60.9 Å². The molecule has 0 radical (unpaired) electrons. The summed E-state index contributed by atoms with van der Waals surface area (Å²) in [6.07, 6.45) is 1.35. The molecule has 2 nitrogen and oxygen atoms in total. The zero-order chi connectivity index (χ0) is 21.5. The molecule has 0 bridgehead atoms. The molecule has 0 saturated carbocycles. The van der Waals surface area contributed by atoms with Crippen LogP contribution in [0.3, 0.4) is 0 Å². The van der Waals surface area contributed by atoms with Crippen LogP contribution in [0.2, 0.25) is 0 Å². The molecule has 5 heteroatoms. The Morgan fingerprint density at radius 3 is 1.90 bits per heavy atom. The number of hydrogen-bond acceptors (Lipinski definition) is 1. The molecule has 0 spiro atoms. The summed E-state index contributed by atoms with van der Waals surface area (Å²) in [7, 11) is 9.78. The summed E-state index contributed by atoms with van der Waals surface area (Å²) in [4.78, 5) is 12.1. The van der Waals surface area contributed by atoms with Gasteiger partial charge in [-0.3, -0.25) is 0 Å². The van der Waals surface area contributed by atoms with Crippen LogP contribution in [0.15, 0.2) is 72.8 Å². The third-order valence-corrected chi connectivity index (χ3v) is 5.39. The molecule has 1 aliphatic carbocycles. The van der Waals surface area contributed by atoms with Crippen LogP contribution < -0.4 is 0 Å². The van der Waals surface area contributed by atoms with Crippen molar-refractivity contribution in [2.45, 2.75) is 38.6 Å². The Balaban J connectivity index is 0.000000806. The Labute approximate surface area is 195 Å². The molecule has 1 aliphatic rings. The second kappa shape index (κ2) is 11.2. The van der Waals surface area contributed by atoms with Crippen molar-refractivity contribution in [3.8, 4) is 11.1 Å². The van der Waals surface area contributed by atoms with Gasteiger partial charge in [-0.25, -0.2) is 0 Å². The van der Waals surface area contributed by atoms with Gasteiger partial charge in [0.1, 0.15) is 0 Å². The van der Waals surface area contributed by atoms with E-state index in [0.717, 1.165) is 12.0 Å². The van der Waals surface area contributed by atoms with Gasteiger partial charge in [-0.1, -0.05) is 105 Å². The van der Waals surface area contributed by atoms with Gasteiger partial charge in [-0.2, -0.15) is 0 Å². The Kier molecular flexibility index (Phi) is 8.59. The third-order valence-electron chi connectivity index (χ3n) is 5.39. The summed E-state index contributed by atoms with van der Waals surface area (Å²) < 4.78 is 0. The minimum absolute atomic E-state index is 0.00738. The normalized spacial score (nSPS) is 12.8. The molecule has 1 amide bonds. The van der Waals surface area contributed by atoms with Gasteiger partial charge in [0.15, 0.2) is 0 Å². The molecule has 0 aromatic heterocycles. The average molecular weight is 473 g/mol. The predicted molar refractivity (Wildman–Crippen MR) is 123 cm³/mol. The summed E-state index contributed by atoms with van der Waals surface area (Å²) in [5, 5.41) is 4.44. The van der Waals surface area contributed by atoms with Gasteiger partial charge in [0.05, 0.1) is 5.91 Å². The number of benzene rings is 3. The molecular weight excluding hydrogens is 449 g/mol. The Bertz CT molecular complexity index is 962. The van der Waals surface area contributed by atoms with Crippen molar-refractivity contribution in [3.63, 3.8) is 0 Å². The van der Waals surface area contributed by atoms with E-state index in [1.54, 1.807) is 0 Å². The number of amides is 1. The zero-order valence-electron chi connectivity index (χ0n) is 17.1. The van der Waals surface area contributed by atoms with Crippen LogP contribution in [-0.2, 0) is 21.8 Å². The second-order valence-electron chi connectivity index (χ2n) is 7.26. The van der Waals surface area contributed by atoms with Crippen LogP contribution in [0, 0.1) is 0 Å². The minimum atomic E-state index is -0.556. The number of rotatable bonds is 5. The number of fused-ring (bicyclic) bond motifs is 3. The molecule has 0 aliphatic heterocycles. The van der Waals surface area contributed by atoms with Crippen molar-refractivity contribution < 1.29 is 21.8 Å². The summed E-state index contributed by atoms with van der Waals surface area (Å²) in [5.41, 5.74) is 7.66. The predicted octanol–water partition coefficient (Wildman–Crippen LogP) is 7.99. The molecule has 4 rings (SSSR count). The monoisotopic (exact) mass is 472 g/mol. The van der Waals surface area contributed by atoms with Crippen LogP contribution in [-0.4, -0.2) is 5.91 Å². The summed E-state index contributed by atoms with van der Waals surface area (Å²) >= 11 is -0.556. The van der Waals surface area contributed by atoms with E-state index in [-0.39, 0.29) is 17.9 Å². The van der Waals surface area contributed by atoms with E-state index >= 15 is 0 Å². The first-order chi connectivity index (χ1) is 14.6. The summed E-state index contributed by atoms with van der Waals surface area (Å²) in [6, 6.07) is 25.6. The van der Waals surface area contributed by atoms with Crippen molar-refractivity contribution in [1.29, 1.82) is 0 Å². The van der Waals surface area contributed by atoms with E-state index < -0.39 is 17.0 Å². The summed E-state index contributed by atoms with van der Waals surface area (Å²) in [5.74, 6) is 0.180. The number of halogens is 2. The fourth-order valence-electron chi connectivity index (χ4n) is 4.21. The topological polar surface area (TPSA) is 31.2 Å². The molecule has 1 atom stereocenters. The number of hydrogen-bond donors (Lipinski definition) is 0. The van der Waals surface area contributed by atoms with E-state index in [2.05, 4.69) is 72.0 Å². The van der Waals surface area contributed by atoms with Crippen molar-refractivity contribution in [2.75, 3.05) is 0 Å². The van der Waals surface area contributed by atoms with E-state index in [1.165, 1.54) is 27.8 Å². The zero-order valence-corrected chi connectivity index (χ0v) is 20.2. The molecule has 0 fully saturated rings. The Morgan fingerprint density at radius 2 is 1.37 bits per heavy atom. The molecule has 1 unspecified atom stereocenters. The molecule has 154 valence electrons. The van der Waals surface area contributed by atoms with Crippen molar-refractivity contribution in [3.05, 3.63) is 100 Å². The molecule has 30 heavy (non-hydrogen) atoms. The van der Waals surface area contributed by atoms with Crippen molar-refractivity contribution in [1.82, 2.24) is 0 Å². The standard InChI is InChI=1S/C25H25NO.2ClH.Ti/c1-3-10-24(27)26-17(2)18-11-4-7-14-21(18)25-22-15-8-5-12-19(22)20-13-6-9-16-23(20)25;;;/h4-9,11-17,25H,3,10H2,1-2H3,(H,26,27);2*1H;/q;;;+2/p-3. The Hall–Kier alpha value is -1.58. The van der Waals surface area contributed by atoms with E-state index in [4.69, 9.17) is 18.6 Å². The van der Waals surface area contributed by atoms with E-state index in [9.17, 15) is 4.79 Å². The van der Waals surface area contributed by atoms with Crippen LogP contribution in [0.4, 0.5) is 0 Å². The molecule has 3 aromatic carbocycles. The van der Waals surface area contributed by atoms with Crippen LogP contribution in [0.25, 0.3) is 16.4 Å². The SMILES string of the molecule is CCCC(=O)[N-]C(C)c1ccccc1C1c2ccccc2-c2ccccc21.[Cl][Ti][Cl]. The van der Waals surface area contributed by atoms with Gasteiger partial charge in [-0.05, 0) is 34.2 Å². The van der Waals surface area contributed by atoms with Crippen molar-refractivity contribution >= 4 is 24.5 Å². The first-order valence-corrected chi connectivity index (χ1v) is 14.4. The fraction of sp³-hybridized carbons (Fsp3) is 0.240. The van der Waals surface area contributed by atoms with Crippen LogP contribution in [0.5, 0.6) is 0 Å². The van der Waals surface area contributed by atoms with Gasteiger partial charge in [0.2, 0.25) is 0 Å². The second-order valence-corrected chi connectivity index (χ2v) is 9.84. The van der Waals surface area contributed by atoms with Gasteiger partial charge in [0, 0.05) is 5.92 Å². The number of carbonyl (C=O) groups excluding carboxylic acids is 1. The number of carbonyl (C=O) groups is 1. The summed E-state index contributed by atoms with van der Waals surface area (Å²) in [6.45, 7) is 4.04. The first-order valence-electron chi connectivity index (χ1n) is 10.1. The molecule has 0 saturated heterocycles. The Morgan fingerprint density at radius 1 is 0.900 bits per heavy atom. The average Bonchev–Trinajstić information content (AvgIpc) is 3.09. The van der Waals surface area contributed by atoms with E-state index in [0.29, 0.717) is 6.42 Å². The van der Waals surface area contributed by atoms with E-state index in [1.807, 2.05) is 19.9 Å². The molecule has 0 N–H and O–H groups in total. The van der Waals surface area contributed by atoms with Gasteiger partial charge < -0.3 is 10.1 Å². The molecule has 0 heterocycles. The van der Waals surface area contributed by atoms with Crippen LogP contribution >= 0.6 is 18.6 Å². The third kappa shape index (κ3) is 5.00. The van der Waals surface area contributed by atoms with Gasteiger partial charge in [-0.15, -0.1) is 0 Å². The van der Waals surface area contributed by atoms with Crippen molar-refractivity contribution in [2.24, 2.45) is 0 Å². The van der Waals surface area contributed by atoms with Gasteiger partial charge in [0.25, 0.3) is 0 Å². The first kappa shape index (κ1) is 23.1. The fourth-order valence-corrected chi connectivity index (χ4v) is 4.21. The molecule has 3 aromatic rings. The maximum absolute atomic E-state index is 12.1. The number of nitrogens with zero attached hydrogens (tertiary/aromatic N) is 1. The quantitative estimate of drug-likeness (QED) is 0.271. The van der Waals surface area contributed by atoms with Gasteiger partial charge >= 0.3 is 35.6 Å².